The Hall–Kier alpha value is -3.02. The molecule has 138 valence electrons. The van der Waals surface area contributed by atoms with E-state index < -0.39 is 0 Å². The Balaban J connectivity index is 1.48. The number of amides is 1. The molecule has 0 bridgehead atoms. The van der Waals surface area contributed by atoms with Crippen LogP contribution < -0.4 is 14.8 Å². The molecule has 1 saturated carbocycles. The fourth-order valence-electron chi connectivity index (χ4n) is 4.04. The average Bonchev–Trinajstić information content (AvgIpc) is 3.33. The molecule has 1 aliphatic heterocycles. The minimum atomic E-state index is -0.209. The number of carbonyl (C=O) groups is 1. The van der Waals surface area contributed by atoms with E-state index >= 15 is 0 Å². The van der Waals surface area contributed by atoms with Crippen molar-refractivity contribution in [1.82, 2.24) is 9.38 Å². The van der Waals surface area contributed by atoms with Gasteiger partial charge in [-0.1, -0.05) is 25.3 Å². The summed E-state index contributed by atoms with van der Waals surface area (Å²) in [5.41, 5.74) is 1.98. The second kappa shape index (κ2) is 6.61. The molecule has 0 radical (unpaired) electrons. The number of anilines is 1. The first-order chi connectivity index (χ1) is 13.3. The van der Waals surface area contributed by atoms with Gasteiger partial charge in [0.2, 0.25) is 6.79 Å². The summed E-state index contributed by atoms with van der Waals surface area (Å²) in [5.74, 6) is 2.55. The van der Waals surface area contributed by atoms with Crippen LogP contribution in [0.3, 0.4) is 0 Å². The zero-order chi connectivity index (χ0) is 18.2. The van der Waals surface area contributed by atoms with Gasteiger partial charge in [0, 0.05) is 23.9 Å². The van der Waals surface area contributed by atoms with Gasteiger partial charge in [-0.25, -0.2) is 4.98 Å². The molecule has 1 N–H and O–H groups in total. The van der Waals surface area contributed by atoms with Crippen LogP contribution in [0.15, 0.2) is 42.6 Å². The fourth-order valence-corrected chi connectivity index (χ4v) is 4.04. The van der Waals surface area contributed by atoms with Gasteiger partial charge in [-0.2, -0.15) is 0 Å². The molecule has 1 aliphatic carbocycles. The number of pyridine rings is 1. The number of hydrogen-bond donors (Lipinski definition) is 1. The Labute approximate surface area is 157 Å². The van der Waals surface area contributed by atoms with Crippen LogP contribution in [0.2, 0.25) is 0 Å². The number of aromatic nitrogens is 2. The predicted octanol–water partition coefficient (Wildman–Crippen LogP) is 4.36. The number of nitrogens with zero attached hydrogens (tertiary/aromatic N) is 2. The van der Waals surface area contributed by atoms with Crippen molar-refractivity contribution in [2.75, 3.05) is 12.1 Å². The minimum Gasteiger partial charge on any atom is -0.454 e. The Morgan fingerprint density at radius 2 is 1.93 bits per heavy atom. The lowest BCUT2D eigenvalue weighted by atomic mass is 9.89. The quantitative estimate of drug-likeness (QED) is 0.751. The standard InChI is InChI=1S/C21H21N3O3/c25-21(22-15-9-10-17-18(12-15)27-13-26-17)19-16-8-4-5-11-24(16)20(23-19)14-6-2-1-3-7-14/h4-5,8-12,14H,1-3,6-7,13H2,(H,22,25). The second-order valence-corrected chi connectivity index (χ2v) is 7.13. The lowest BCUT2D eigenvalue weighted by Crippen LogP contribution is -2.13. The molecule has 2 aliphatic rings. The lowest BCUT2D eigenvalue weighted by molar-refractivity contribution is 0.102. The van der Waals surface area contributed by atoms with Gasteiger partial charge in [-0.3, -0.25) is 4.79 Å². The van der Waals surface area contributed by atoms with Crippen molar-refractivity contribution in [2.45, 2.75) is 38.0 Å². The third kappa shape index (κ3) is 2.91. The maximum Gasteiger partial charge on any atom is 0.276 e. The predicted molar refractivity (Wildman–Crippen MR) is 102 cm³/mol. The lowest BCUT2D eigenvalue weighted by Gasteiger charge is -2.20. The van der Waals surface area contributed by atoms with Crippen LogP contribution in [0.1, 0.15) is 54.3 Å². The first-order valence-electron chi connectivity index (χ1n) is 9.47. The normalized spacial score (nSPS) is 16.6. The van der Waals surface area contributed by atoms with Gasteiger partial charge in [-0.15, -0.1) is 0 Å². The maximum atomic E-state index is 13.0. The molecule has 2 aromatic heterocycles. The van der Waals surface area contributed by atoms with Crippen molar-refractivity contribution in [1.29, 1.82) is 0 Å². The monoisotopic (exact) mass is 363 g/mol. The Morgan fingerprint density at radius 3 is 2.81 bits per heavy atom. The van der Waals surface area contributed by atoms with Gasteiger partial charge in [0.1, 0.15) is 5.82 Å². The van der Waals surface area contributed by atoms with Crippen molar-refractivity contribution >= 4 is 17.1 Å². The van der Waals surface area contributed by atoms with E-state index in [0.717, 1.165) is 24.2 Å². The Bertz CT molecular complexity index is 1010. The Morgan fingerprint density at radius 1 is 1.07 bits per heavy atom. The SMILES string of the molecule is O=C(Nc1ccc2c(c1)OCO2)c1nc(C2CCCCC2)n2ccccc12. The highest BCUT2D eigenvalue weighted by atomic mass is 16.7. The summed E-state index contributed by atoms with van der Waals surface area (Å²) in [6.07, 6.45) is 8.02. The highest BCUT2D eigenvalue weighted by Crippen LogP contribution is 2.35. The minimum absolute atomic E-state index is 0.209. The summed E-state index contributed by atoms with van der Waals surface area (Å²) in [5, 5.41) is 2.95. The van der Waals surface area contributed by atoms with Gasteiger partial charge in [0.05, 0.1) is 5.52 Å². The third-order valence-corrected chi connectivity index (χ3v) is 5.39. The van der Waals surface area contributed by atoms with E-state index in [4.69, 9.17) is 14.5 Å². The zero-order valence-corrected chi connectivity index (χ0v) is 15.0. The van der Waals surface area contributed by atoms with Crippen LogP contribution in [-0.4, -0.2) is 22.1 Å². The van der Waals surface area contributed by atoms with Crippen molar-refractivity contribution in [2.24, 2.45) is 0 Å². The maximum absolute atomic E-state index is 13.0. The number of imidazole rings is 1. The molecule has 1 fully saturated rings. The fraction of sp³-hybridized carbons (Fsp3) is 0.333. The van der Waals surface area contributed by atoms with Crippen LogP contribution in [0.25, 0.3) is 5.52 Å². The largest absolute Gasteiger partial charge is 0.454 e. The summed E-state index contributed by atoms with van der Waals surface area (Å²) < 4.78 is 12.8. The van der Waals surface area contributed by atoms with Crippen LogP contribution in [-0.2, 0) is 0 Å². The van der Waals surface area contributed by atoms with Gasteiger partial charge in [0.15, 0.2) is 17.2 Å². The van der Waals surface area contributed by atoms with Crippen molar-refractivity contribution < 1.29 is 14.3 Å². The van der Waals surface area contributed by atoms with E-state index in [1.807, 2.05) is 30.5 Å². The van der Waals surface area contributed by atoms with Crippen molar-refractivity contribution in [3.8, 4) is 11.5 Å². The number of nitrogens with one attached hydrogen (secondary N) is 1. The zero-order valence-electron chi connectivity index (χ0n) is 15.0. The summed E-state index contributed by atoms with van der Waals surface area (Å²) in [6, 6.07) is 11.3. The summed E-state index contributed by atoms with van der Waals surface area (Å²) in [6.45, 7) is 0.211. The first-order valence-corrected chi connectivity index (χ1v) is 9.47. The molecule has 1 amide bonds. The van der Waals surface area contributed by atoms with Crippen LogP contribution >= 0.6 is 0 Å². The van der Waals surface area contributed by atoms with Gasteiger partial charge in [0.25, 0.3) is 5.91 Å². The number of carbonyl (C=O) groups excluding carboxylic acids is 1. The molecule has 27 heavy (non-hydrogen) atoms. The number of fused-ring (bicyclic) bond motifs is 2. The second-order valence-electron chi connectivity index (χ2n) is 7.13. The first kappa shape index (κ1) is 16.2. The molecule has 3 aromatic rings. The number of ether oxygens (including phenoxy) is 2. The van der Waals surface area contributed by atoms with Gasteiger partial charge >= 0.3 is 0 Å². The molecule has 6 nitrogen and oxygen atoms in total. The molecule has 0 atom stereocenters. The molecular weight excluding hydrogens is 342 g/mol. The number of hydrogen-bond acceptors (Lipinski definition) is 4. The summed E-state index contributed by atoms with van der Waals surface area (Å²) >= 11 is 0. The molecule has 0 unspecified atom stereocenters. The van der Waals surface area contributed by atoms with Crippen LogP contribution in [0, 0.1) is 0 Å². The van der Waals surface area contributed by atoms with Crippen LogP contribution in [0.4, 0.5) is 5.69 Å². The molecule has 5 rings (SSSR count). The molecule has 0 saturated heterocycles. The number of benzene rings is 1. The highest BCUT2D eigenvalue weighted by Gasteiger charge is 2.24. The van der Waals surface area contributed by atoms with E-state index in [9.17, 15) is 4.79 Å². The van der Waals surface area contributed by atoms with E-state index in [-0.39, 0.29) is 12.7 Å². The van der Waals surface area contributed by atoms with E-state index in [0.29, 0.717) is 28.8 Å². The average molecular weight is 363 g/mol. The van der Waals surface area contributed by atoms with E-state index in [2.05, 4.69) is 9.72 Å². The third-order valence-electron chi connectivity index (χ3n) is 5.39. The van der Waals surface area contributed by atoms with Gasteiger partial charge < -0.3 is 19.2 Å². The van der Waals surface area contributed by atoms with Crippen LogP contribution in [0.5, 0.6) is 11.5 Å². The summed E-state index contributed by atoms with van der Waals surface area (Å²) in [7, 11) is 0. The van der Waals surface area contributed by atoms with Crippen molar-refractivity contribution in [3.05, 3.63) is 54.1 Å². The molecular formula is C21H21N3O3. The van der Waals surface area contributed by atoms with Gasteiger partial charge in [-0.05, 0) is 37.1 Å². The highest BCUT2D eigenvalue weighted by molar-refractivity contribution is 6.07. The smallest absolute Gasteiger partial charge is 0.276 e. The molecule has 6 heteroatoms. The van der Waals surface area contributed by atoms with Crippen molar-refractivity contribution in [3.63, 3.8) is 0 Å². The number of rotatable bonds is 3. The molecule has 1 aromatic carbocycles. The summed E-state index contributed by atoms with van der Waals surface area (Å²) in [4.78, 5) is 17.7. The van der Waals surface area contributed by atoms with E-state index in [1.165, 1.54) is 19.3 Å². The Kier molecular flexibility index (Phi) is 3.96. The molecule has 3 heterocycles. The molecule has 0 spiro atoms. The topological polar surface area (TPSA) is 64.9 Å². The van der Waals surface area contributed by atoms with E-state index in [1.54, 1.807) is 12.1 Å².